The minimum Gasteiger partial charge on any atom is -0.468 e. The van der Waals surface area contributed by atoms with Crippen molar-refractivity contribution < 1.29 is 14.3 Å². The fourth-order valence-electron chi connectivity index (χ4n) is 3.73. The highest BCUT2D eigenvalue weighted by molar-refractivity contribution is 7.99. The summed E-state index contributed by atoms with van der Waals surface area (Å²) in [5.41, 5.74) is 1.81. The summed E-state index contributed by atoms with van der Waals surface area (Å²) < 4.78 is 8.47. The molecule has 28 heavy (non-hydrogen) atoms. The molecule has 0 saturated heterocycles. The van der Waals surface area contributed by atoms with E-state index >= 15 is 0 Å². The molecule has 2 heterocycles. The Morgan fingerprint density at radius 3 is 2.68 bits per heavy atom. The molecule has 0 radical (unpaired) electrons. The van der Waals surface area contributed by atoms with Crippen LogP contribution in [0.3, 0.4) is 0 Å². The molecule has 1 aromatic carbocycles. The van der Waals surface area contributed by atoms with Gasteiger partial charge in [-0.3, -0.25) is 18.6 Å². The van der Waals surface area contributed by atoms with Crippen LogP contribution < -0.4 is 5.32 Å². The summed E-state index contributed by atoms with van der Waals surface area (Å²) in [5, 5.41) is 12.3. The van der Waals surface area contributed by atoms with Crippen molar-refractivity contribution in [2.75, 3.05) is 12.9 Å². The molecule has 0 aliphatic heterocycles. The number of nitrogens with one attached hydrogen (secondary N) is 1. The van der Waals surface area contributed by atoms with Gasteiger partial charge in [0, 0.05) is 6.04 Å². The molecule has 4 rings (SSSR count). The van der Waals surface area contributed by atoms with Crippen molar-refractivity contribution in [1.29, 1.82) is 0 Å². The number of hydrogen-bond donors (Lipinski definition) is 1. The van der Waals surface area contributed by atoms with Gasteiger partial charge in [0.1, 0.15) is 6.54 Å². The molecule has 1 N–H and O–H groups in total. The lowest BCUT2D eigenvalue weighted by Gasteiger charge is -2.22. The molecule has 2 aromatic heterocycles. The van der Waals surface area contributed by atoms with Gasteiger partial charge in [-0.05, 0) is 25.0 Å². The lowest BCUT2D eigenvalue weighted by atomic mass is 9.95. The van der Waals surface area contributed by atoms with Gasteiger partial charge in [-0.15, -0.1) is 10.2 Å². The number of rotatable bonds is 6. The molecule has 1 fully saturated rings. The quantitative estimate of drug-likeness (QED) is 0.504. The van der Waals surface area contributed by atoms with Gasteiger partial charge in [-0.25, -0.2) is 0 Å². The molecular formula is C19H23N5O3S. The Kier molecular flexibility index (Phi) is 5.52. The van der Waals surface area contributed by atoms with Crippen molar-refractivity contribution in [1.82, 2.24) is 24.5 Å². The second-order valence-corrected chi connectivity index (χ2v) is 7.90. The molecule has 9 heteroatoms. The van der Waals surface area contributed by atoms with E-state index in [0.717, 1.165) is 23.9 Å². The van der Waals surface area contributed by atoms with E-state index in [2.05, 4.69) is 15.5 Å². The fraction of sp³-hybridized carbons (Fsp3) is 0.474. The molecule has 1 aliphatic rings. The van der Waals surface area contributed by atoms with Crippen LogP contribution in [0.5, 0.6) is 0 Å². The number of nitrogens with zero attached hydrogens (tertiary/aromatic N) is 4. The van der Waals surface area contributed by atoms with Crippen molar-refractivity contribution >= 4 is 40.4 Å². The number of methoxy groups -OCH3 is 1. The molecule has 0 unspecified atom stereocenters. The van der Waals surface area contributed by atoms with Crippen LogP contribution in [-0.2, 0) is 20.9 Å². The summed E-state index contributed by atoms with van der Waals surface area (Å²) in [6.07, 6.45) is 5.69. The molecule has 8 nitrogen and oxygen atoms in total. The number of carbonyl (C=O) groups is 2. The molecule has 1 amide bonds. The number of carbonyl (C=O) groups excluding carboxylic acids is 2. The van der Waals surface area contributed by atoms with Gasteiger partial charge in [-0.2, -0.15) is 0 Å². The van der Waals surface area contributed by atoms with E-state index in [4.69, 9.17) is 4.74 Å². The number of aromatic nitrogens is 4. The van der Waals surface area contributed by atoms with E-state index in [9.17, 15) is 9.59 Å². The zero-order chi connectivity index (χ0) is 19.5. The fourth-order valence-corrected chi connectivity index (χ4v) is 4.51. The Bertz CT molecular complexity index is 1010. The Balaban J connectivity index is 1.62. The number of ether oxygens (including phenoxy) is 1. The SMILES string of the molecule is COC(=O)CSc1nnc2n(CC(=O)NC3CCCCC3)c3ccccc3n12. The van der Waals surface area contributed by atoms with E-state index in [1.54, 1.807) is 0 Å². The molecule has 3 aromatic rings. The zero-order valence-electron chi connectivity index (χ0n) is 15.8. The van der Waals surface area contributed by atoms with Gasteiger partial charge in [0.2, 0.25) is 11.7 Å². The third-order valence-electron chi connectivity index (χ3n) is 5.09. The van der Waals surface area contributed by atoms with Gasteiger partial charge in [0.25, 0.3) is 0 Å². The Hall–Kier alpha value is -2.55. The molecule has 0 atom stereocenters. The van der Waals surface area contributed by atoms with Crippen molar-refractivity contribution in [2.45, 2.75) is 49.8 Å². The zero-order valence-corrected chi connectivity index (χ0v) is 16.6. The van der Waals surface area contributed by atoms with Crippen LogP contribution in [0, 0.1) is 0 Å². The molecule has 1 saturated carbocycles. The smallest absolute Gasteiger partial charge is 0.316 e. The summed E-state index contributed by atoms with van der Waals surface area (Å²) in [4.78, 5) is 24.2. The predicted octanol–water partition coefficient (Wildman–Crippen LogP) is 2.40. The lowest BCUT2D eigenvalue weighted by molar-refractivity contribution is -0.137. The largest absolute Gasteiger partial charge is 0.468 e. The topological polar surface area (TPSA) is 90.5 Å². The number of imidazole rings is 1. The summed E-state index contributed by atoms with van der Waals surface area (Å²) in [6, 6.07) is 8.06. The van der Waals surface area contributed by atoms with E-state index in [-0.39, 0.29) is 30.2 Å². The van der Waals surface area contributed by atoms with E-state index in [1.165, 1.54) is 38.1 Å². The second-order valence-electron chi connectivity index (χ2n) is 6.96. The van der Waals surface area contributed by atoms with Gasteiger partial charge < -0.3 is 10.1 Å². The molecular weight excluding hydrogens is 378 g/mol. The van der Waals surface area contributed by atoms with E-state index in [0.29, 0.717) is 10.9 Å². The first-order valence-corrected chi connectivity index (χ1v) is 10.5. The average Bonchev–Trinajstić information content (AvgIpc) is 3.26. The highest BCUT2D eigenvalue weighted by Crippen LogP contribution is 2.26. The number of para-hydroxylation sites is 2. The maximum absolute atomic E-state index is 12.7. The van der Waals surface area contributed by atoms with Crippen LogP contribution in [0.2, 0.25) is 0 Å². The molecule has 1 aliphatic carbocycles. The molecule has 0 bridgehead atoms. The number of fused-ring (bicyclic) bond motifs is 3. The van der Waals surface area contributed by atoms with Crippen molar-refractivity contribution in [3.05, 3.63) is 24.3 Å². The number of benzene rings is 1. The lowest BCUT2D eigenvalue weighted by Crippen LogP contribution is -2.38. The minimum atomic E-state index is -0.322. The highest BCUT2D eigenvalue weighted by Gasteiger charge is 2.21. The van der Waals surface area contributed by atoms with E-state index < -0.39 is 0 Å². The third kappa shape index (κ3) is 3.71. The standard InChI is InChI=1S/C19H23N5O3S/c1-27-17(26)12-28-19-22-21-18-23(14-9-5-6-10-15(14)24(18)19)11-16(25)20-13-7-3-2-4-8-13/h5-6,9-10,13H,2-4,7-8,11-12H2,1H3,(H,20,25). The van der Waals surface area contributed by atoms with Crippen LogP contribution >= 0.6 is 11.8 Å². The van der Waals surface area contributed by atoms with Gasteiger partial charge in [0.15, 0.2) is 5.16 Å². The van der Waals surface area contributed by atoms with Gasteiger partial charge in [-0.1, -0.05) is 43.2 Å². The van der Waals surface area contributed by atoms with Gasteiger partial charge in [0.05, 0.1) is 23.9 Å². The Morgan fingerprint density at radius 2 is 1.93 bits per heavy atom. The van der Waals surface area contributed by atoms with Crippen LogP contribution in [0.25, 0.3) is 16.8 Å². The predicted molar refractivity (Wildman–Crippen MR) is 106 cm³/mol. The monoisotopic (exact) mass is 401 g/mol. The summed E-state index contributed by atoms with van der Waals surface area (Å²) in [5.74, 6) is 0.408. The summed E-state index contributed by atoms with van der Waals surface area (Å²) in [7, 11) is 1.36. The second kappa shape index (κ2) is 8.22. The summed E-state index contributed by atoms with van der Waals surface area (Å²) in [6.45, 7) is 0.188. The Labute approximate surface area is 166 Å². The normalized spacial score (nSPS) is 15.2. The molecule has 148 valence electrons. The van der Waals surface area contributed by atoms with Crippen LogP contribution in [0.4, 0.5) is 0 Å². The van der Waals surface area contributed by atoms with Crippen LogP contribution in [0.15, 0.2) is 29.4 Å². The maximum Gasteiger partial charge on any atom is 0.316 e. The number of thioether (sulfide) groups is 1. The number of hydrogen-bond acceptors (Lipinski definition) is 6. The third-order valence-corrected chi connectivity index (χ3v) is 5.99. The number of esters is 1. The molecule has 0 spiro atoms. The van der Waals surface area contributed by atoms with Crippen molar-refractivity contribution in [3.63, 3.8) is 0 Å². The minimum absolute atomic E-state index is 0.0121. The first-order chi connectivity index (χ1) is 13.7. The average molecular weight is 401 g/mol. The summed E-state index contributed by atoms with van der Waals surface area (Å²) >= 11 is 1.27. The van der Waals surface area contributed by atoms with Crippen molar-refractivity contribution in [3.8, 4) is 0 Å². The van der Waals surface area contributed by atoms with Crippen molar-refractivity contribution in [2.24, 2.45) is 0 Å². The van der Waals surface area contributed by atoms with Gasteiger partial charge >= 0.3 is 5.97 Å². The van der Waals surface area contributed by atoms with E-state index in [1.807, 2.05) is 33.2 Å². The van der Waals surface area contributed by atoms with Crippen LogP contribution in [0.1, 0.15) is 32.1 Å². The number of amides is 1. The Morgan fingerprint density at radius 1 is 1.18 bits per heavy atom. The first-order valence-electron chi connectivity index (χ1n) is 9.48. The maximum atomic E-state index is 12.7. The first kappa shape index (κ1) is 18.8. The highest BCUT2D eigenvalue weighted by atomic mass is 32.2. The van der Waals surface area contributed by atoms with Crippen LogP contribution in [-0.4, -0.2) is 49.9 Å².